The van der Waals surface area contributed by atoms with Crippen LogP contribution < -0.4 is 5.73 Å². The highest BCUT2D eigenvalue weighted by Crippen LogP contribution is 2.07. The van der Waals surface area contributed by atoms with Crippen molar-refractivity contribution in [3.63, 3.8) is 0 Å². The summed E-state index contributed by atoms with van der Waals surface area (Å²) < 4.78 is -0.694. The molecule has 0 fully saturated rings. The molecule has 0 rings (SSSR count). The van der Waals surface area contributed by atoms with Gasteiger partial charge in [-0.3, -0.25) is 4.79 Å². The Bertz CT molecular complexity index is 97.3. The van der Waals surface area contributed by atoms with Crippen molar-refractivity contribution >= 4 is 33.5 Å². The van der Waals surface area contributed by atoms with Gasteiger partial charge in [0.1, 0.15) is 10.3 Å². The third-order valence-corrected chi connectivity index (χ3v) is 1.40. The van der Waals surface area contributed by atoms with Crippen LogP contribution in [0.5, 0.6) is 0 Å². The summed E-state index contributed by atoms with van der Waals surface area (Å²) in [6, 6.07) is -1.03. The predicted octanol–water partition coefficient (Wildman–Crippen LogP) is 0.358. The number of halogens is 2. The van der Waals surface area contributed by atoms with E-state index >= 15 is 0 Å². The third kappa shape index (κ3) is 2.49. The van der Waals surface area contributed by atoms with Gasteiger partial charge in [-0.15, -0.1) is 11.6 Å². The average Bonchev–Trinajstić information content (AvgIpc) is 1.64. The van der Waals surface area contributed by atoms with Gasteiger partial charge in [-0.1, -0.05) is 15.9 Å². The smallest absolute Gasteiger partial charge is 0.322 e. The second-order valence-electron chi connectivity index (χ2n) is 1.20. The van der Waals surface area contributed by atoms with Crippen LogP contribution >= 0.6 is 27.5 Å². The van der Waals surface area contributed by atoms with E-state index in [1.807, 2.05) is 0 Å². The van der Waals surface area contributed by atoms with Crippen molar-refractivity contribution in [2.75, 3.05) is 0 Å². The zero-order valence-electron chi connectivity index (χ0n) is 3.84. The van der Waals surface area contributed by atoms with Gasteiger partial charge >= 0.3 is 5.97 Å². The zero-order valence-corrected chi connectivity index (χ0v) is 6.19. The quantitative estimate of drug-likeness (QED) is 0.636. The highest BCUT2D eigenvalue weighted by molar-refractivity contribution is 9.10. The van der Waals surface area contributed by atoms with Crippen molar-refractivity contribution in [1.29, 1.82) is 0 Å². The molecule has 3 nitrogen and oxygen atoms in total. The Labute approximate surface area is 59.9 Å². The first-order valence-corrected chi connectivity index (χ1v) is 3.17. The normalized spacial score (nSPS) is 17.4. The molecule has 0 aromatic carbocycles. The molecule has 0 spiro atoms. The molecule has 48 valence electrons. The van der Waals surface area contributed by atoms with Crippen LogP contribution in [-0.2, 0) is 4.79 Å². The summed E-state index contributed by atoms with van der Waals surface area (Å²) in [5.41, 5.74) is 4.98. The first-order chi connectivity index (χ1) is 3.55. The number of alkyl halides is 2. The fraction of sp³-hybridized carbons (Fsp3) is 0.667. The van der Waals surface area contributed by atoms with Gasteiger partial charge in [0.25, 0.3) is 0 Å². The number of rotatable bonds is 2. The minimum absolute atomic E-state index is 0.694. The van der Waals surface area contributed by atoms with Crippen molar-refractivity contribution in [3.8, 4) is 0 Å². The van der Waals surface area contributed by atoms with Gasteiger partial charge in [-0.2, -0.15) is 0 Å². The van der Waals surface area contributed by atoms with Crippen LogP contribution in [0.25, 0.3) is 0 Å². The fourth-order valence-electron chi connectivity index (χ4n) is 0.108. The molecule has 8 heavy (non-hydrogen) atoms. The summed E-state index contributed by atoms with van der Waals surface area (Å²) in [7, 11) is 0. The SMILES string of the molecule is N[C@H](C(=O)O)C(Cl)Br. The summed E-state index contributed by atoms with van der Waals surface area (Å²) in [5, 5.41) is 8.11. The number of hydrogen-bond acceptors (Lipinski definition) is 2. The molecule has 0 aliphatic carbocycles. The van der Waals surface area contributed by atoms with E-state index in [-0.39, 0.29) is 0 Å². The molecule has 0 aromatic heterocycles. The van der Waals surface area contributed by atoms with E-state index < -0.39 is 16.3 Å². The number of carboxylic acid groups (broad SMARTS) is 1. The lowest BCUT2D eigenvalue weighted by Gasteiger charge is -2.04. The molecule has 3 N–H and O–H groups in total. The Morgan fingerprint density at radius 3 is 2.25 bits per heavy atom. The van der Waals surface area contributed by atoms with E-state index in [2.05, 4.69) is 15.9 Å². The van der Waals surface area contributed by atoms with Crippen LogP contribution in [0, 0.1) is 0 Å². The number of carboxylic acids is 1. The summed E-state index contributed by atoms with van der Waals surface area (Å²) in [4.78, 5) is 9.90. The van der Waals surface area contributed by atoms with Crippen molar-refractivity contribution in [2.24, 2.45) is 5.73 Å². The molecule has 2 atom stereocenters. The molecular formula is C3H5BrClNO2. The Hall–Kier alpha value is 0.200. The summed E-state index contributed by atoms with van der Waals surface area (Å²) >= 11 is 8.03. The number of carbonyl (C=O) groups is 1. The molecule has 0 amide bonds. The maximum atomic E-state index is 9.90. The van der Waals surface area contributed by atoms with E-state index in [1.165, 1.54) is 0 Å². The monoisotopic (exact) mass is 201 g/mol. The van der Waals surface area contributed by atoms with E-state index in [0.29, 0.717) is 0 Å². The second-order valence-corrected chi connectivity index (χ2v) is 3.18. The van der Waals surface area contributed by atoms with E-state index in [9.17, 15) is 4.79 Å². The van der Waals surface area contributed by atoms with Gasteiger partial charge in [-0.25, -0.2) is 0 Å². The first-order valence-electron chi connectivity index (χ1n) is 1.82. The van der Waals surface area contributed by atoms with Crippen LogP contribution in [0.3, 0.4) is 0 Å². The van der Waals surface area contributed by atoms with Crippen LogP contribution in [0.4, 0.5) is 0 Å². The summed E-state index contributed by atoms with van der Waals surface area (Å²) in [6.07, 6.45) is 0. The maximum Gasteiger partial charge on any atom is 0.322 e. The van der Waals surface area contributed by atoms with Crippen molar-refractivity contribution in [2.45, 2.75) is 10.3 Å². The standard InChI is InChI=1S/C3H5BrClNO2/c4-2(5)1(6)3(7)8/h1-2H,6H2,(H,7,8)/t1-,2?/m0/s1. The highest BCUT2D eigenvalue weighted by Gasteiger charge is 2.18. The third-order valence-electron chi connectivity index (χ3n) is 0.557. The van der Waals surface area contributed by atoms with E-state index in [0.717, 1.165) is 0 Å². The van der Waals surface area contributed by atoms with Crippen molar-refractivity contribution < 1.29 is 9.90 Å². The van der Waals surface area contributed by atoms with Crippen molar-refractivity contribution in [1.82, 2.24) is 0 Å². The molecule has 0 aliphatic rings. The zero-order chi connectivity index (χ0) is 6.73. The van der Waals surface area contributed by atoms with Gasteiger partial charge in [0.05, 0.1) is 0 Å². The number of nitrogens with two attached hydrogens (primary N) is 1. The minimum Gasteiger partial charge on any atom is -0.480 e. The van der Waals surface area contributed by atoms with Gasteiger partial charge in [0, 0.05) is 0 Å². The molecule has 0 aromatic rings. The van der Waals surface area contributed by atoms with Crippen LogP contribution in [-0.4, -0.2) is 21.4 Å². The lowest BCUT2D eigenvalue weighted by Crippen LogP contribution is -2.35. The minimum atomic E-state index is -1.11. The number of hydrogen-bond donors (Lipinski definition) is 2. The predicted molar refractivity (Wildman–Crippen MR) is 34.2 cm³/mol. The van der Waals surface area contributed by atoms with Crippen LogP contribution in [0.15, 0.2) is 0 Å². The average molecular weight is 202 g/mol. The molecule has 0 heterocycles. The highest BCUT2D eigenvalue weighted by atomic mass is 79.9. The van der Waals surface area contributed by atoms with E-state index in [1.54, 1.807) is 0 Å². The lowest BCUT2D eigenvalue weighted by atomic mass is 10.4. The Balaban J connectivity index is 3.64. The molecule has 0 saturated heterocycles. The largest absolute Gasteiger partial charge is 0.480 e. The molecular weight excluding hydrogens is 197 g/mol. The van der Waals surface area contributed by atoms with Crippen LogP contribution in [0.1, 0.15) is 0 Å². The topological polar surface area (TPSA) is 63.3 Å². The molecule has 0 aliphatic heterocycles. The molecule has 1 unspecified atom stereocenters. The molecule has 0 radical (unpaired) electrons. The van der Waals surface area contributed by atoms with Crippen LogP contribution in [0.2, 0.25) is 0 Å². The Kier molecular flexibility index (Phi) is 3.35. The van der Waals surface area contributed by atoms with Gasteiger partial charge < -0.3 is 10.8 Å². The van der Waals surface area contributed by atoms with Gasteiger partial charge in [-0.05, 0) is 0 Å². The molecule has 0 saturated carbocycles. The summed E-state index contributed by atoms with van der Waals surface area (Å²) in [5.74, 6) is -1.11. The summed E-state index contributed by atoms with van der Waals surface area (Å²) in [6.45, 7) is 0. The fourth-order valence-corrected chi connectivity index (χ4v) is 0.442. The second kappa shape index (κ2) is 3.27. The van der Waals surface area contributed by atoms with E-state index in [4.69, 9.17) is 22.4 Å². The first kappa shape index (κ1) is 8.20. The molecule has 5 heteroatoms. The Morgan fingerprint density at radius 1 is 1.88 bits per heavy atom. The molecule has 0 bridgehead atoms. The van der Waals surface area contributed by atoms with Crippen molar-refractivity contribution in [3.05, 3.63) is 0 Å². The van der Waals surface area contributed by atoms with Gasteiger partial charge in [0.2, 0.25) is 0 Å². The van der Waals surface area contributed by atoms with Gasteiger partial charge in [0.15, 0.2) is 0 Å². The maximum absolute atomic E-state index is 9.90. The lowest BCUT2D eigenvalue weighted by molar-refractivity contribution is -0.138. The Morgan fingerprint density at radius 2 is 2.25 bits per heavy atom. The number of aliphatic carboxylic acids is 1.